The van der Waals surface area contributed by atoms with Crippen molar-refractivity contribution in [1.29, 1.82) is 0 Å². The van der Waals surface area contributed by atoms with E-state index in [1.54, 1.807) is 9.80 Å². The molecule has 2 heterocycles. The van der Waals surface area contributed by atoms with E-state index in [0.717, 1.165) is 16.7 Å². The molecule has 4 rings (SSSR count). The first-order valence-corrected chi connectivity index (χ1v) is 11.8. The van der Waals surface area contributed by atoms with Gasteiger partial charge in [-0.3, -0.25) is 4.79 Å². The van der Waals surface area contributed by atoms with Gasteiger partial charge in [-0.15, -0.1) is 13.2 Å². The quantitative estimate of drug-likeness (QED) is 0.503. The van der Waals surface area contributed by atoms with Crippen molar-refractivity contribution >= 4 is 17.6 Å². The molecular weight excluding hydrogens is 489 g/mol. The van der Waals surface area contributed by atoms with Crippen molar-refractivity contribution in [1.82, 2.24) is 9.80 Å². The molecule has 0 radical (unpaired) electrons. The van der Waals surface area contributed by atoms with Crippen LogP contribution in [-0.4, -0.2) is 54.0 Å². The highest BCUT2D eigenvalue weighted by Gasteiger charge is 2.33. The average Bonchev–Trinajstić information content (AvgIpc) is 3.13. The number of rotatable bonds is 5. The molecular formula is C27H29F3N2O5. The van der Waals surface area contributed by atoms with Gasteiger partial charge in [0, 0.05) is 26.2 Å². The molecule has 2 amide bonds. The lowest BCUT2D eigenvalue weighted by Crippen LogP contribution is -2.39. The van der Waals surface area contributed by atoms with E-state index in [0.29, 0.717) is 42.9 Å². The van der Waals surface area contributed by atoms with Crippen LogP contribution in [0.2, 0.25) is 0 Å². The van der Waals surface area contributed by atoms with Crippen LogP contribution in [0.15, 0.2) is 42.5 Å². The van der Waals surface area contributed by atoms with E-state index in [4.69, 9.17) is 9.47 Å². The molecule has 0 aliphatic carbocycles. The van der Waals surface area contributed by atoms with Gasteiger partial charge in [-0.25, -0.2) is 4.79 Å². The molecule has 2 aromatic carbocycles. The SMILES string of the molecule is COc1cc(C2=CCN(C(=O)OC(C)(C)C)CC2)cc2c1C(=O)N(Cc1ccc(OC(F)(F)F)cc1)C2. The molecule has 0 unspecified atom stereocenters. The number of methoxy groups -OCH3 is 1. The maximum absolute atomic E-state index is 13.2. The third kappa shape index (κ3) is 6.36. The Labute approximate surface area is 213 Å². The molecule has 198 valence electrons. The van der Waals surface area contributed by atoms with Gasteiger partial charge in [-0.1, -0.05) is 18.2 Å². The van der Waals surface area contributed by atoms with Gasteiger partial charge in [-0.05, 0) is 73.7 Å². The fraction of sp³-hybridized carbons (Fsp3) is 0.407. The summed E-state index contributed by atoms with van der Waals surface area (Å²) in [4.78, 5) is 28.8. The van der Waals surface area contributed by atoms with Crippen molar-refractivity contribution in [3.63, 3.8) is 0 Å². The van der Waals surface area contributed by atoms with Gasteiger partial charge >= 0.3 is 12.5 Å². The van der Waals surface area contributed by atoms with Crippen molar-refractivity contribution in [2.45, 2.75) is 52.2 Å². The number of halogens is 3. The highest BCUT2D eigenvalue weighted by atomic mass is 19.4. The van der Waals surface area contributed by atoms with E-state index >= 15 is 0 Å². The van der Waals surface area contributed by atoms with Crippen molar-refractivity contribution in [3.8, 4) is 11.5 Å². The van der Waals surface area contributed by atoms with Gasteiger partial charge in [0.1, 0.15) is 17.1 Å². The topological polar surface area (TPSA) is 68.3 Å². The van der Waals surface area contributed by atoms with Crippen LogP contribution >= 0.6 is 0 Å². The van der Waals surface area contributed by atoms with Gasteiger partial charge in [-0.2, -0.15) is 0 Å². The van der Waals surface area contributed by atoms with E-state index in [2.05, 4.69) is 4.74 Å². The molecule has 0 saturated heterocycles. The first-order valence-electron chi connectivity index (χ1n) is 11.8. The normalized spacial score (nSPS) is 15.9. The summed E-state index contributed by atoms with van der Waals surface area (Å²) in [5.41, 5.74) is 3.37. The second-order valence-corrected chi connectivity index (χ2v) is 9.97. The van der Waals surface area contributed by atoms with Crippen molar-refractivity contribution in [2.75, 3.05) is 20.2 Å². The molecule has 0 spiro atoms. The predicted molar refractivity (Wildman–Crippen MR) is 130 cm³/mol. The molecule has 0 N–H and O–H groups in total. The van der Waals surface area contributed by atoms with Crippen molar-refractivity contribution in [3.05, 3.63) is 64.7 Å². The Morgan fingerprint density at radius 3 is 2.35 bits per heavy atom. The van der Waals surface area contributed by atoms with Crippen LogP contribution in [0.3, 0.4) is 0 Å². The summed E-state index contributed by atoms with van der Waals surface area (Å²) >= 11 is 0. The minimum Gasteiger partial charge on any atom is -0.496 e. The van der Waals surface area contributed by atoms with Crippen LogP contribution in [0.4, 0.5) is 18.0 Å². The summed E-state index contributed by atoms with van der Waals surface area (Å²) in [5, 5.41) is 0. The zero-order valence-electron chi connectivity index (χ0n) is 21.1. The van der Waals surface area contributed by atoms with E-state index in [1.165, 1.54) is 31.4 Å². The number of carbonyl (C=O) groups is 2. The van der Waals surface area contributed by atoms with Gasteiger partial charge in [0.15, 0.2) is 0 Å². The zero-order chi connectivity index (χ0) is 27.0. The second-order valence-electron chi connectivity index (χ2n) is 9.97. The Morgan fingerprint density at radius 2 is 1.78 bits per heavy atom. The number of ether oxygens (including phenoxy) is 3. The first-order chi connectivity index (χ1) is 17.3. The number of benzene rings is 2. The smallest absolute Gasteiger partial charge is 0.496 e. The number of alkyl halides is 3. The zero-order valence-corrected chi connectivity index (χ0v) is 21.1. The maximum atomic E-state index is 13.2. The second kappa shape index (κ2) is 9.99. The van der Waals surface area contributed by atoms with Crippen LogP contribution in [-0.2, 0) is 17.8 Å². The third-order valence-electron chi connectivity index (χ3n) is 6.03. The average molecular weight is 519 g/mol. The van der Waals surface area contributed by atoms with E-state index < -0.39 is 12.0 Å². The molecule has 0 aromatic heterocycles. The number of carbonyl (C=O) groups excluding carboxylic acids is 2. The van der Waals surface area contributed by atoms with Gasteiger partial charge in [0.05, 0.1) is 12.7 Å². The highest BCUT2D eigenvalue weighted by molar-refractivity contribution is 6.01. The van der Waals surface area contributed by atoms with Crippen LogP contribution in [0.25, 0.3) is 5.57 Å². The summed E-state index contributed by atoms with van der Waals surface area (Å²) < 4.78 is 52.1. The van der Waals surface area contributed by atoms with Crippen molar-refractivity contribution in [2.24, 2.45) is 0 Å². The first kappa shape index (κ1) is 26.4. The lowest BCUT2D eigenvalue weighted by atomic mass is 9.95. The predicted octanol–water partition coefficient (Wildman–Crippen LogP) is 5.77. The van der Waals surface area contributed by atoms with Crippen LogP contribution < -0.4 is 9.47 Å². The fourth-order valence-electron chi connectivity index (χ4n) is 4.39. The number of hydrogen-bond acceptors (Lipinski definition) is 5. The number of nitrogens with zero attached hydrogens (tertiary/aromatic N) is 2. The van der Waals surface area contributed by atoms with Gasteiger partial charge in [0.25, 0.3) is 5.91 Å². The molecule has 2 aliphatic rings. The Hall–Kier alpha value is -3.69. The molecule has 0 bridgehead atoms. The molecule has 0 atom stereocenters. The Morgan fingerprint density at radius 1 is 1.08 bits per heavy atom. The van der Waals surface area contributed by atoms with Crippen LogP contribution in [0, 0.1) is 0 Å². The lowest BCUT2D eigenvalue weighted by Gasteiger charge is -2.29. The van der Waals surface area contributed by atoms with Crippen LogP contribution in [0.1, 0.15) is 54.2 Å². The molecule has 0 fully saturated rings. The summed E-state index contributed by atoms with van der Waals surface area (Å²) in [5.74, 6) is -0.0586. The van der Waals surface area contributed by atoms with Gasteiger partial charge < -0.3 is 24.0 Å². The minimum absolute atomic E-state index is 0.206. The number of fused-ring (bicyclic) bond motifs is 1. The Bertz CT molecular complexity index is 1220. The number of hydrogen-bond donors (Lipinski definition) is 0. The lowest BCUT2D eigenvalue weighted by molar-refractivity contribution is -0.274. The van der Waals surface area contributed by atoms with Gasteiger partial charge in [0.2, 0.25) is 0 Å². The monoisotopic (exact) mass is 518 g/mol. The number of amides is 2. The fourth-order valence-corrected chi connectivity index (χ4v) is 4.39. The molecule has 0 saturated carbocycles. The Balaban J connectivity index is 1.48. The van der Waals surface area contributed by atoms with Crippen molar-refractivity contribution < 1.29 is 37.0 Å². The third-order valence-corrected chi connectivity index (χ3v) is 6.03. The molecule has 37 heavy (non-hydrogen) atoms. The summed E-state index contributed by atoms with van der Waals surface area (Å²) in [6, 6.07) is 9.26. The summed E-state index contributed by atoms with van der Waals surface area (Å²) in [6.07, 6.45) is -2.50. The van der Waals surface area contributed by atoms with Crippen LogP contribution in [0.5, 0.6) is 11.5 Å². The minimum atomic E-state index is -4.76. The molecule has 7 nitrogen and oxygen atoms in total. The van der Waals surface area contributed by atoms with E-state index in [-0.39, 0.29) is 24.3 Å². The highest BCUT2D eigenvalue weighted by Crippen LogP contribution is 2.36. The largest absolute Gasteiger partial charge is 0.573 e. The summed E-state index contributed by atoms with van der Waals surface area (Å²) in [7, 11) is 1.51. The van der Waals surface area contributed by atoms with E-state index in [1.807, 2.05) is 39.0 Å². The Kier molecular flexibility index (Phi) is 7.12. The molecule has 2 aromatic rings. The summed E-state index contributed by atoms with van der Waals surface area (Å²) in [6.45, 7) is 6.99. The standard InChI is InChI=1S/C27H29F3N2O5/c1-26(2,3)37-25(34)31-11-9-18(10-12-31)19-13-20-16-32(24(33)23(20)22(14-19)35-4)15-17-5-7-21(8-6-17)36-27(28,29)30/h5-9,13-14H,10-12,15-16H2,1-4H3. The molecule has 2 aliphatic heterocycles. The van der Waals surface area contributed by atoms with E-state index in [9.17, 15) is 22.8 Å². The molecule has 10 heteroatoms. The maximum Gasteiger partial charge on any atom is 0.573 e.